The lowest BCUT2D eigenvalue weighted by atomic mass is 9.84. The van der Waals surface area contributed by atoms with Gasteiger partial charge in [0.05, 0.1) is 0 Å². The van der Waals surface area contributed by atoms with Crippen LogP contribution in [0.5, 0.6) is 0 Å². The normalized spacial score (nSPS) is 23.1. The lowest BCUT2D eigenvalue weighted by molar-refractivity contribution is -0.117. The third-order valence-electron chi connectivity index (χ3n) is 3.83. The summed E-state index contributed by atoms with van der Waals surface area (Å²) < 4.78 is 1.03. The zero-order valence-corrected chi connectivity index (χ0v) is 12.9. The summed E-state index contributed by atoms with van der Waals surface area (Å²) in [5.41, 5.74) is 7.86. The highest BCUT2D eigenvalue weighted by atomic mass is 79.9. The summed E-state index contributed by atoms with van der Waals surface area (Å²) in [6.45, 7) is 2.00. The summed E-state index contributed by atoms with van der Waals surface area (Å²) in [6, 6.07) is 6.24. The van der Waals surface area contributed by atoms with Crippen LogP contribution in [0, 0.1) is 12.8 Å². The smallest absolute Gasteiger partial charge is 0.224 e. The Kier molecular flexibility index (Phi) is 4.99. The standard InChI is InChI=1S/C15H21BrN2O/c1-10-8-12(16)4-7-14(10)18-15(19)9-11-2-5-13(17)6-3-11/h4,7-8,11,13H,2-3,5-6,9,17H2,1H3,(H,18,19). The van der Waals surface area contributed by atoms with E-state index in [1.54, 1.807) is 0 Å². The Bertz CT molecular complexity index is 453. The van der Waals surface area contributed by atoms with Crippen LogP contribution in [-0.2, 0) is 4.79 Å². The van der Waals surface area contributed by atoms with Crippen molar-refractivity contribution in [3.8, 4) is 0 Å². The average Bonchev–Trinajstić information content (AvgIpc) is 2.36. The van der Waals surface area contributed by atoms with Gasteiger partial charge in [-0.05, 0) is 62.3 Å². The molecule has 0 unspecified atom stereocenters. The molecule has 1 amide bonds. The summed E-state index contributed by atoms with van der Waals surface area (Å²) in [5.74, 6) is 0.612. The number of nitrogens with one attached hydrogen (secondary N) is 1. The summed E-state index contributed by atoms with van der Waals surface area (Å²) in [6.07, 6.45) is 4.87. The number of anilines is 1. The van der Waals surface area contributed by atoms with E-state index in [1.165, 1.54) is 0 Å². The van der Waals surface area contributed by atoms with Crippen LogP contribution in [0.15, 0.2) is 22.7 Å². The van der Waals surface area contributed by atoms with Crippen molar-refractivity contribution < 1.29 is 4.79 Å². The molecule has 0 heterocycles. The third-order valence-corrected chi connectivity index (χ3v) is 4.32. The molecule has 3 nitrogen and oxygen atoms in total. The van der Waals surface area contributed by atoms with Gasteiger partial charge in [-0.1, -0.05) is 15.9 Å². The fourth-order valence-corrected chi connectivity index (χ4v) is 3.10. The van der Waals surface area contributed by atoms with Crippen molar-refractivity contribution in [3.05, 3.63) is 28.2 Å². The van der Waals surface area contributed by atoms with Gasteiger partial charge in [0.1, 0.15) is 0 Å². The number of carbonyl (C=O) groups excluding carboxylic acids is 1. The average molecular weight is 325 g/mol. The molecule has 0 atom stereocenters. The van der Waals surface area contributed by atoms with Gasteiger partial charge in [-0.15, -0.1) is 0 Å². The van der Waals surface area contributed by atoms with Crippen LogP contribution < -0.4 is 11.1 Å². The van der Waals surface area contributed by atoms with Gasteiger partial charge in [0.25, 0.3) is 0 Å². The summed E-state index contributed by atoms with van der Waals surface area (Å²) in [4.78, 5) is 12.0. The SMILES string of the molecule is Cc1cc(Br)ccc1NC(=O)CC1CCC(N)CC1. The van der Waals surface area contributed by atoms with E-state index in [-0.39, 0.29) is 5.91 Å². The molecule has 0 aromatic heterocycles. The lowest BCUT2D eigenvalue weighted by Crippen LogP contribution is -2.28. The van der Waals surface area contributed by atoms with Gasteiger partial charge in [0.2, 0.25) is 5.91 Å². The van der Waals surface area contributed by atoms with Crippen molar-refractivity contribution >= 4 is 27.5 Å². The van der Waals surface area contributed by atoms with Gasteiger partial charge in [0.15, 0.2) is 0 Å². The van der Waals surface area contributed by atoms with Crippen molar-refractivity contribution in [2.75, 3.05) is 5.32 Å². The Labute approximate surface area is 123 Å². The quantitative estimate of drug-likeness (QED) is 0.892. The number of halogens is 1. The van der Waals surface area contributed by atoms with E-state index >= 15 is 0 Å². The second-order valence-electron chi connectivity index (χ2n) is 5.49. The Balaban J connectivity index is 1.87. The largest absolute Gasteiger partial charge is 0.328 e. The maximum Gasteiger partial charge on any atom is 0.224 e. The van der Waals surface area contributed by atoms with E-state index in [2.05, 4.69) is 21.2 Å². The monoisotopic (exact) mass is 324 g/mol. The second-order valence-corrected chi connectivity index (χ2v) is 6.41. The van der Waals surface area contributed by atoms with Crippen molar-refractivity contribution in [2.24, 2.45) is 11.7 Å². The summed E-state index contributed by atoms with van der Waals surface area (Å²) >= 11 is 3.42. The Morgan fingerprint density at radius 2 is 2.05 bits per heavy atom. The van der Waals surface area contributed by atoms with Gasteiger partial charge in [0, 0.05) is 22.6 Å². The minimum Gasteiger partial charge on any atom is -0.328 e. The van der Waals surface area contributed by atoms with Crippen LogP contribution >= 0.6 is 15.9 Å². The Morgan fingerprint density at radius 1 is 1.37 bits per heavy atom. The minimum atomic E-state index is 0.117. The molecule has 4 heteroatoms. The molecular formula is C15H21BrN2O. The highest BCUT2D eigenvalue weighted by Gasteiger charge is 2.21. The molecule has 1 fully saturated rings. The molecule has 1 aromatic carbocycles. The van der Waals surface area contributed by atoms with Gasteiger partial charge in [-0.25, -0.2) is 0 Å². The highest BCUT2D eigenvalue weighted by molar-refractivity contribution is 9.10. The van der Waals surface area contributed by atoms with Crippen LogP contribution in [0.25, 0.3) is 0 Å². The molecule has 1 saturated carbocycles. The molecule has 1 aromatic rings. The van der Waals surface area contributed by atoms with Crippen molar-refractivity contribution in [1.82, 2.24) is 0 Å². The summed E-state index contributed by atoms with van der Waals surface area (Å²) in [7, 11) is 0. The van der Waals surface area contributed by atoms with E-state index < -0.39 is 0 Å². The molecule has 0 spiro atoms. The van der Waals surface area contributed by atoms with E-state index in [1.807, 2.05) is 25.1 Å². The highest BCUT2D eigenvalue weighted by Crippen LogP contribution is 2.27. The molecule has 3 N–H and O–H groups in total. The molecule has 104 valence electrons. The van der Waals surface area contributed by atoms with Crippen LogP contribution in [0.1, 0.15) is 37.7 Å². The molecular weight excluding hydrogens is 304 g/mol. The maximum absolute atomic E-state index is 12.0. The predicted molar refractivity (Wildman–Crippen MR) is 82.1 cm³/mol. The van der Waals surface area contributed by atoms with Crippen molar-refractivity contribution in [2.45, 2.75) is 45.1 Å². The molecule has 19 heavy (non-hydrogen) atoms. The fraction of sp³-hybridized carbons (Fsp3) is 0.533. The first-order chi connectivity index (χ1) is 9.04. The number of carbonyl (C=O) groups is 1. The lowest BCUT2D eigenvalue weighted by Gasteiger charge is -2.25. The van der Waals surface area contributed by atoms with Crippen molar-refractivity contribution in [3.63, 3.8) is 0 Å². The van der Waals surface area contributed by atoms with E-state index in [9.17, 15) is 4.79 Å². The second kappa shape index (κ2) is 6.53. The molecule has 0 radical (unpaired) electrons. The van der Waals surface area contributed by atoms with Gasteiger partial charge >= 0.3 is 0 Å². The first-order valence-corrected chi connectivity index (χ1v) is 7.65. The number of hydrogen-bond donors (Lipinski definition) is 2. The molecule has 0 aliphatic heterocycles. The van der Waals surface area contributed by atoms with Crippen LogP contribution in [-0.4, -0.2) is 11.9 Å². The Morgan fingerprint density at radius 3 is 2.68 bits per heavy atom. The number of amides is 1. The first kappa shape index (κ1) is 14.5. The van der Waals surface area contributed by atoms with E-state index in [0.29, 0.717) is 18.4 Å². The predicted octanol–water partition coefficient (Wildman–Crippen LogP) is 3.60. The zero-order valence-electron chi connectivity index (χ0n) is 11.3. The molecule has 1 aliphatic rings. The molecule has 0 bridgehead atoms. The van der Waals surface area contributed by atoms with E-state index in [0.717, 1.165) is 41.4 Å². The number of benzene rings is 1. The summed E-state index contributed by atoms with van der Waals surface area (Å²) in [5, 5.41) is 3.00. The Hall–Kier alpha value is -0.870. The topological polar surface area (TPSA) is 55.1 Å². The van der Waals surface area contributed by atoms with Crippen LogP contribution in [0.4, 0.5) is 5.69 Å². The number of hydrogen-bond acceptors (Lipinski definition) is 2. The van der Waals surface area contributed by atoms with Crippen LogP contribution in [0.3, 0.4) is 0 Å². The van der Waals surface area contributed by atoms with Crippen LogP contribution in [0.2, 0.25) is 0 Å². The van der Waals surface area contributed by atoms with Crippen molar-refractivity contribution in [1.29, 1.82) is 0 Å². The van der Waals surface area contributed by atoms with Gasteiger partial charge in [-0.2, -0.15) is 0 Å². The third kappa shape index (κ3) is 4.32. The van der Waals surface area contributed by atoms with Gasteiger partial charge in [-0.3, -0.25) is 4.79 Å². The molecule has 2 rings (SSSR count). The zero-order chi connectivity index (χ0) is 13.8. The number of rotatable bonds is 3. The first-order valence-electron chi connectivity index (χ1n) is 6.86. The molecule has 0 saturated heterocycles. The molecule has 1 aliphatic carbocycles. The fourth-order valence-electron chi connectivity index (χ4n) is 2.62. The number of nitrogens with two attached hydrogens (primary N) is 1. The maximum atomic E-state index is 12.0. The minimum absolute atomic E-state index is 0.117. The van der Waals surface area contributed by atoms with E-state index in [4.69, 9.17) is 5.73 Å². The van der Waals surface area contributed by atoms with Gasteiger partial charge < -0.3 is 11.1 Å². The number of aryl methyl sites for hydroxylation is 1.